The minimum Gasteiger partial charge on any atom is -0.486 e. The van der Waals surface area contributed by atoms with Gasteiger partial charge in [0, 0.05) is 13.0 Å². The van der Waals surface area contributed by atoms with E-state index in [1.54, 1.807) is 4.57 Å². The zero-order valence-electron chi connectivity index (χ0n) is 12.0. The van der Waals surface area contributed by atoms with E-state index in [0.717, 1.165) is 29.0 Å². The fourth-order valence-corrected chi connectivity index (χ4v) is 4.61. The molecule has 9 heteroatoms. The smallest absolute Gasteiger partial charge is 0.281 e. The van der Waals surface area contributed by atoms with E-state index in [4.69, 9.17) is 4.74 Å². The molecule has 0 saturated heterocycles. The van der Waals surface area contributed by atoms with Crippen LogP contribution >= 0.6 is 0 Å². The molecule has 2 aliphatic rings. The number of sulfonamides is 1. The molecule has 0 atom stereocenters. The lowest BCUT2D eigenvalue weighted by Gasteiger charge is -2.30. The van der Waals surface area contributed by atoms with E-state index in [9.17, 15) is 17.2 Å². The largest absolute Gasteiger partial charge is 0.486 e. The van der Waals surface area contributed by atoms with Crippen molar-refractivity contribution in [1.29, 1.82) is 0 Å². The summed E-state index contributed by atoms with van der Waals surface area (Å²) in [5.74, 6) is -1.91. The van der Waals surface area contributed by atoms with Gasteiger partial charge in [-0.05, 0) is 18.6 Å². The van der Waals surface area contributed by atoms with Gasteiger partial charge in [0.15, 0.2) is 16.6 Å². The van der Waals surface area contributed by atoms with Crippen molar-refractivity contribution in [2.45, 2.75) is 24.4 Å². The average molecular weight is 341 g/mol. The SMILES string of the molecule is O=S(=O)(c1cnc2n1CCC2)N1CCOc2c1ccc(F)c2F. The molecule has 0 unspecified atom stereocenters. The topological polar surface area (TPSA) is 64.4 Å². The zero-order chi connectivity index (χ0) is 16.2. The summed E-state index contributed by atoms with van der Waals surface area (Å²) in [5.41, 5.74) is 0.00342. The Morgan fingerprint density at radius 3 is 2.87 bits per heavy atom. The van der Waals surface area contributed by atoms with E-state index in [2.05, 4.69) is 4.98 Å². The number of hydrogen-bond donors (Lipinski definition) is 0. The highest BCUT2D eigenvalue weighted by Crippen LogP contribution is 2.38. The first-order valence-corrected chi connectivity index (χ1v) is 8.62. The van der Waals surface area contributed by atoms with Crippen LogP contribution in [-0.4, -0.2) is 31.1 Å². The second-order valence-corrected chi connectivity index (χ2v) is 7.21. The van der Waals surface area contributed by atoms with Crippen molar-refractivity contribution in [2.75, 3.05) is 17.5 Å². The highest BCUT2D eigenvalue weighted by Gasteiger charge is 2.35. The summed E-state index contributed by atoms with van der Waals surface area (Å²) in [6.45, 7) is 0.563. The molecule has 3 heterocycles. The van der Waals surface area contributed by atoms with Gasteiger partial charge < -0.3 is 9.30 Å². The molecule has 4 rings (SSSR count). The molecule has 0 radical (unpaired) electrons. The van der Waals surface area contributed by atoms with Crippen LogP contribution in [0.5, 0.6) is 5.75 Å². The van der Waals surface area contributed by atoms with Crippen LogP contribution in [-0.2, 0) is 23.0 Å². The lowest BCUT2D eigenvalue weighted by Crippen LogP contribution is -2.39. The van der Waals surface area contributed by atoms with E-state index in [-0.39, 0.29) is 29.6 Å². The van der Waals surface area contributed by atoms with Gasteiger partial charge in [-0.3, -0.25) is 4.31 Å². The zero-order valence-corrected chi connectivity index (χ0v) is 12.8. The summed E-state index contributed by atoms with van der Waals surface area (Å²) in [5, 5.41) is 0.0718. The minimum absolute atomic E-state index is 0.00342. The number of aryl methyl sites for hydroxylation is 1. The normalized spacial score (nSPS) is 16.9. The molecule has 2 aliphatic heterocycles. The molecule has 0 N–H and O–H groups in total. The number of nitrogens with zero attached hydrogens (tertiary/aromatic N) is 3. The quantitative estimate of drug-likeness (QED) is 0.834. The first kappa shape index (κ1) is 14.4. The van der Waals surface area contributed by atoms with Crippen molar-refractivity contribution in [1.82, 2.24) is 9.55 Å². The van der Waals surface area contributed by atoms with Gasteiger partial charge in [0.2, 0.25) is 5.82 Å². The predicted molar refractivity (Wildman–Crippen MR) is 76.9 cm³/mol. The van der Waals surface area contributed by atoms with E-state index in [1.165, 1.54) is 12.3 Å². The molecule has 0 fully saturated rings. The Balaban J connectivity index is 1.84. The summed E-state index contributed by atoms with van der Waals surface area (Å²) in [6.07, 6.45) is 2.89. The maximum absolute atomic E-state index is 13.9. The summed E-state index contributed by atoms with van der Waals surface area (Å²) < 4.78 is 61.0. The van der Waals surface area contributed by atoms with E-state index < -0.39 is 21.7 Å². The molecule has 1 aromatic carbocycles. The Labute approximate surface area is 131 Å². The number of halogens is 2. The molecule has 0 saturated carbocycles. The second kappa shape index (κ2) is 4.92. The summed E-state index contributed by atoms with van der Waals surface area (Å²) in [4.78, 5) is 4.14. The Morgan fingerprint density at radius 1 is 1.22 bits per heavy atom. The number of ether oxygens (including phenoxy) is 1. The van der Waals surface area contributed by atoms with E-state index in [1.807, 2.05) is 0 Å². The third-order valence-corrected chi connectivity index (χ3v) is 5.89. The Kier molecular flexibility index (Phi) is 3.09. The third-order valence-electron chi connectivity index (χ3n) is 4.08. The number of aromatic nitrogens is 2. The lowest BCUT2D eigenvalue weighted by atomic mass is 10.2. The van der Waals surface area contributed by atoms with Crippen LogP contribution in [0.1, 0.15) is 12.2 Å². The van der Waals surface area contributed by atoms with E-state index >= 15 is 0 Å². The average Bonchev–Trinajstić information content (AvgIpc) is 3.13. The summed E-state index contributed by atoms with van der Waals surface area (Å²) in [6, 6.07) is 2.11. The molecule has 0 spiro atoms. The number of anilines is 1. The van der Waals surface area contributed by atoms with Crippen molar-refractivity contribution in [2.24, 2.45) is 0 Å². The molecular weight excluding hydrogens is 328 g/mol. The maximum atomic E-state index is 13.9. The van der Waals surface area contributed by atoms with Crippen LogP contribution in [0.3, 0.4) is 0 Å². The van der Waals surface area contributed by atoms with Crippen molar-refractivity contribution >= 4 is 15.7 Å². The fraction of sp³-hybridized carbons (Fsp3) is 0.357. The van der Waals surface area contributed by atoms with Crippen molar-refractivity contribution < 1.29 is 21.9 Å². The minimum atomic E-state index is -3.92. The van der Waals surface area contributed by atoms with Crippen molar-refractivity contribution in [3.05, 3.63) is 35.8 Å². The summed E-state index contributed by atoms with van der Waals surface area (Å²) in [7, 11) is -3.92. The van der Waals surface area contributed by atoms with Gasteiger partial charge in [-0.25, -0.2) is 9.37 Å². The molecule has 0 aliphatic carbocycles. The van der Waals surface area contributed by atoms with Gasteiger partial charge in [0.05, 0.1) is 18.4 Å². The van der Waals surface area contributed by atoms with Crippen LogP contribution in [0.4, 0.5) is 14.5 Å². The van der Waals surface area contributed by atoms with Gasteiger partial charge in [-0.15, -0.1) is 0 Å². The Bertz CT molecular complexity index is 895. The molecular formula is C14H13F2N3O3S. The lowest BCUT2D eigenvalue weighted by molar-refractivity contribution is 0.293. The second-order valence-electron chi connectivity index (χ2n) is 5.40. The van der Waals surface area contributed by atoms with Crippen molar-refractivity contribution in [3.8, 4) is 5.75 Å². The van der Waals surface area contributed by atoms with Crippen LogP contribution in [0.25, 0.3) is 0 Å². The van der Waals surface area contributed by atoms with Crippen molar-refractivity contribution in [3.63, 3.8) is 0 Å². The van der Waals surface area contributed by atoms with Gasteiger partial charge in [0.25, 0.3) is 10.0 Å². The molecule has 122 valence electrons. The van der Waals surface area contributed by atoms with Gasteiger partial charge in [-0.1, -0.05) is 0 Å². The summed E-state index contributed by atoms with van der Waals surface area (Å²) >= 11 is 0. The molecule has 0 bridgehead atoms. The van der Waals surface area contributed by atoms with Crippen LogP contribution < -0.4 is 9.04 Å². The fourth-order valence-electron chi connectivity index (χ4n) is 3.01. The molecule has 2 aromatic rings. The van der Waals surface area contributed by atoms with Crippen LogP contribution in [0, 0.1) is 11.6 Å². The molecule has 23 heavy (non-hydrogen) atoms. The Morgan fingerprint density at radius 2 is 2.04 bits per heavy atom. The van der Waals surface area contributed by atoms with Gasteiger partial charge in [0.1, 0.15) is 12.4 Å². The number of rotatable bonds is 2. The first-order chi connectivity index (χ1) is 11.0. The van der Waals surface area contributed by atoms with Crippen LogP contribution in [0.2, 0.25) is 0 Å². The number of hydrogen-bond acceptors (Lipinski definition) is 4. The maximum Gasteiger partial charge on any atom is 0.281 e. The highest BCUT2D eigenvalue weighted by atomic mass is 32.2. The number of benzene rings is 1. The molecule has 1 aromatic heterocycles. The Hall–Kier alpha value is -2.16. The van der Waals surface area contributed by atoms with Gasteiger partial charge in [-0.2, -0.15) is 12.8 Å². The molecule has 6 nitrogen and oxygen atoms in total. The first-order valence-electron chi connectivity index (χ1n) is 7.18. The van der Waals surface area contributed by atoms with Crippen LogP contribution in [0.15, 0.2) is 23.4 Å². The number of fused-ring (bicyclic) bond motifs is 2. The van der Waals surface area contributed by atoms with E-state index in [0.29, 0.717) is 6.54 Å². The predicted octanol–water partition coefficient (Wildman–Crippen LogP) is 1.70. The molecule has 0 amide bonds. The third kappa shape index (κ3) is 2.03. The standard InChI is InChI=1S/C14H13F2N3O3S/c15-9-3-4-10-14(13(9)16)22-7-6-19(10)23(20,21)12-8-17-11-2-1-5-18(11)12/h3-4,8H,1-2,5-7H2. The monoisotopic (exact) mass is 341 g/mol. The van der Waals surface area contributed by atoms with Gasteiger partial charge >= 0.3 is 0 Å². The number of imidazole rings is 1. The highest BCUT2D eigenvalue weighted by molar-refractivity contribution is 7.92.